The van der Waals surface area contributed by atoms with Crippen LogP contribution in [0.2, 0.25) is 0 Å². The van der Waals surface area contributed by atoms with Gasteiger partial charge in [0.1, 0.15) is 0 Å². The van der Waals surface area contributed by atoms with E-state index in [-0.39, 0.29) is 12.1 Å². The Bertz CT molecular complexity index is 520. The average Bonchev–Trinajstić information content (AvgIpc) is 2.33. The van der Waals surface area contributed by atoms with Gasteiger partial charge in [-0.2, -0.15) is 5.10 Å². The van der Waals surface area contributed by atoms with Crippen LogP contribution in [-0.2, 0) is 6.54 Å². The SMILES string of the molecule is NNc1cnc(Cn2ncccc2=O)cn1. The van der Waals surface area contributed by atoms with Crippen LogP contribution in [0.25, 0.3) is 0 Å². The maximum atomic E-state index is 11.4. The highest BCUT2D eigenvalue weighted by Gasteiger charge is 2.00. The lowest BCUT2D eigenvalue weighted by Gasteiger charge is -2.03. The van der Waals surface area contributed by atoms with E-state index in [1.807, 2.05) is 0 Å². The monoisotopic (exact) mass is 218 g/mol. The zero-order valence-electron chi connectivity index (χ0n) is 8.37. The van der Waals surface area contributed by atoms with Crippen LogP contribution in [-0.4, -0.2) is 19.7 Å². The number of aromatic nitrogens is 4. The van der Waals surface area contributed by atoms with Crippen molar-refractivity contribution in [3.63, 3.8) is 0 Å². The minimum absolute atomic E-state index is 0.176. The summed E-state index contributed by atoms with van der Waals surface area (Å²) in [5.41, 5.74) is 2.83. The van der Waals surface area contributed by atoms with E-state index >= 15 is 0 Å². The van der Waals surface area contributed by atoms with E-state index in [1.54, 1.807) is 12.3 Å². The minimum atomic E-state index is -0.176. The summed E-state index contributed by atoms with van der Waals surface area (Å²) in [6.45, 7) is 0.289. The van der Waals surface area contributed by atoms with Gasteiger partial charge in [-0.05, 0) is 6.07 Å². The molecule has 0 bridgehead atoms. The molecule has 0 amide bonds. The Morgan fingerprint density at radius 2 is 2.25 bits per heavy atom. The highest BCUT2D eigenvalue weighted by Crippen LogP contribution is 1.99. The fraction of sp³-hybridized carbons (Fsp3) is 0.111. The predicted molar refractivity (Wildman–Crippen MR) is 57.4 cm³/mol. The fourth-order valence-electron chi connectivity index (χ4n) is 1.17. The second-order valence-electron chi connectivity index (χ2n) is 3.06. The van der Waals surface area contributed by atoms with Gasteiger partial charge in [0.25, 0.3) is 5.56 Å². The molecule has 0 aliphatic heterocycles. The maximum Gasteiger partial charge on any atom is 0.267 e. The molecule has 0 radical (unpaired) electrons. The molecule has 0 unspecified atom stereocenters. The van der Waals surface area contributed by atoms with Gasteiger partial charge in [-0.15, -0.1) is 0 Å². The van der Waals surface area contributed by atoms with Gasteiger partial charge in [0.2, 0.25) is 0 Å². The second kappa shape index (κ2) is 4.49. The van der Waals surface area contributed by atoms with Crippen molar-refractivity contribution in [3.8, 4) is 0 Å². The van der Waals surface area contributed by atoms with Crippen LogP contribution >= 0.6 is 0 Å². The number of hydrogen-bond donors (Lipinski definition) is 2. The molecule has 2 aromatic rings. The number of hydrogen-bond acceptors (Lipinski definition) is 6. The lowest BCUT2D eigenvalue weighted by molar-refractivity contribution is 0.626. The van der Waals surface area contributed by atoms with Gasteiger partial charge in [0.05, 0.1) is 24.6 Å². The van der Waals surface area contributed by atoms with Gasteiger partial charge >= 0.3 is 0 Å². The van der Waals surface area contributed by atoms with Crippen molar-refractivity contribution in [3.05, 3.63) is 46.8 Å². The van der Waals surface area contributed by atoms with E-state index in [4.69, 9.17) is 5.84 Å². The van der Waals surface area contributed by atoms with E-state index < -0.39 is 0 Å². The Kier molecular flexibility index (Phi) is 2.88. The van der Waals surface area contributed by atoms with Crippen LogP contribution in [0.5, 0.6) is 0 Å². The third-order valence-corrected chi connectivity index (χ3v) is 1.95. The molecule has 0 atom stereocenters. The standard InChI is InChI=1S/C9H10N6O/c10-14-8-5-11-7(4-12-8)6-15-9(16)2-1-3-13-15/h1-5H,6,10H2,(H,12,14). The maximum absolute atomic E-state index is 11.4. The van der Waals surface area contributed by atoms with Gasteiger partial charge in [-0.25, -0.2) is 15.5 Å². The summed E-state index contributed by atoms with van der Waals surface area (Å²) in [7, 11) is 0. The third kappa shape index (κ3) is 2.20. The van der Waals surface area contributed by atoms with Crippen molar-refractivity contribution in [1.29, 1.82) is 0 Å². The molecule has 7 nitrogen and oxygen atoms in total. The molecular formula is C9H10N6O. The van der Waals surface area contributed by atoms with Crippen molar-refractivity contribution in [2.75, 3.05) is 5.43 Å². The highest BCUT2D eigenvalue weighted by molar-refractivity contribution is 5.28. The number of nitrogens with zero attached hydrogens (tertiary/aromatic N) is 4. The van der Waals surface area contributed by atoms with Crippen molar-refractivity contribution in [1.82, 2.24) is 19.7 Å². The summed E-state index contributed by atoms with van der Waals surface area (Å²) < 4.78 is 1.31. The van der Waals surface area contributed by atoms with Crippen molar-refractivity contribution < 1.29 is 0 Å². The van der Waals surface area contributed by atoms with Gasteiger partial charge in [-0.3, -0.25) is 9.78 Å². The van der Waals surface area contributed by atoms with Crippen LogP contribution < -0.4 is 16.8 Å². The Morgan fingerprint density at radius 1 is 1.38 bits per heavy atom. The Hall–Kier alpha value is -2.28. The minimum Gasteiger partial charge on any atom is -0.307 e. The molecule has 7 heteroatoms. The summed E-state index contributed by atoms with van der Waals surface area (Å²) in [5, 5.41) is 3.91. The van der Waals surface area contributed by atoms with Crippen molar-refractivity contribution in [2.24, 2.45) is 5.84 Å². The molecular weight excluding hydrogens is 208 g/mol. The largest absolute Gasteiger partial charge is 0.307 e. The quantitative estimate of drug-likeness (QED) is 0.525. The first-order chi connectivity index (χ1) is 7.79. The molecule has 2 heterocycles. The molecule has 16 heavy (non-hydrogen) atoms. The molecule has 0 saturated heterocycles. The molecule has 0 aromatic carbocycles. The van der Waals surface area contributed by atoms with Crippen LogP contribution in [0, 0.1) is 0 Å². The molecule has 0 saturated carbocycles. The normalized spacial score (nSPS) is 10.1. The first-order valence-electron chi connectivity index (χ1n) is 4.59. The van der Waals surface area contributed by atoms with Gasteiger partial charge in [0.15, 0.2) is 5.82 Å². The predicted octanol–water partition coefficient (Wildman–Crippen LogP) is -0.633. The summed E-state index contributed by atoms with van der Waals surface area (Å²) in [6, 6.07) is 3.03. The number of hydrazine groups is 1. The number of anilines is 1. The summed E-state index contributed by atoms with van der Waals surface area (Å²) >= 11 is 0. The summed E-state index contributed by atoms with van der Waals surface area (Å²) in [6.07, 6.45) is 4.57. The molecule has 82 valence electrons. The average molecular weight is 218 g/mol. The van der Waals surface area contributed by atoms with Crippen LogP contribution in [0.4, 0.5) is 5.82 Å². The fourth-order valence-corrected chi connectivity index (χ4v) is 1.17. The van der Waals surface area contributed by atoms with E-state index in [9.17, 15) is 4.79 Å². The number of rotatable bonds is 3. The van der Waals surface area contributed by atoms with Crippen LogP contribution in [0.3, 0.4) is 0 Å². The Balaban J connectivity index is 2.21. The number of nitrogens with two attached hydrogens (primary N) is 1. The zero-order valence-corrected chi connectivity index (χ0v) is 8.37. The van der Waals surface area contributed by atoms with E-state index in [0.29, 0.717) is 11.5 Å². The van der Waals surface area contributed by atoms with E-state index in [2.05, 4.69) is 20.5 Å². The summed E-state index contributed by atoms with van der Waals surface area (Å²) in [5.74, 6) is 5.63. The molecule has 0 aliphatic carbocycles. The Morgan fingerprint density at radius 3 is 2.88 bits per heavy atom. The molecule has 0 aliphatic rings. The lowest BCUT2D eigenvalue weighted by atomic mass is 10.4. The second-order valence-corrected chi connectivity index (χ2v) is 3.06. The molecule has 0 spiro atoms. The van der Waals surface area contributed by atoms with Crippen LogP contribution in [0.15, 0.2) is 35.5 Å². The number of nitrogen functional groups attached to an aromatic ring is 1. The molecule has 3 N–H and O–H groups in total. The van der Waals surface area contributed by atoms with Crippen molar-refractivity contribution >= 4 is 5.82 Å². The van der Waals surface area contributed by atoms with Gasteiger partial charge in [-0.1, -0.05) is 0 Å². The first-order valence-corrected chi connectivity index (χ1v) is 4.59. The third-order valence-electron chi connectivity index (χ3n) is 1.95. The topological polar surface area (TPSA) is 98.7 Å². The smallest absolute Gasteiger partial charge is 0.267 e. The van der Waals surface area contributed by atoms with E-state index in [1.165, 1.54) is 23.1 Å². The molecule has 2 aromatic heterocycles. The first kappa shape index (κ1) is 10.2. The molecule has 0 fully saturated rings. The van der Waals surface area contributed by atoms with Gasteiger partial charge < -0.3 is 5.43 Å². The van der Waals surface area contributed by atoms with Crippen molar-refractivity contribution in [2.45, 2.75) is 6.54 Å². The lowest BCUT2D eigenvalue weighted by Crippen LogP contribution is -2.22. The van der Waals surface area contributed by atoms with Gasteiger partial charge in [0, 0.05) is 12.3 Å². The molecule has 2 rings (SSSR count). The number of nitrogens with one attached hydrogen (secondary N) is 1. The van der Waals surface area contributed by atoms with Crippen LogP contribution in [0.1, 0.15) is 5.69 Å². The Labute approximate surface area is 90.9 Å². The summed E-state index contributed by atoms with van der Waals surface area (Å²) in [4.78, 5) is 19.4. The van der Waals surface area contributed by atoms with E-state index in [0.717, 1.165) is 0 Å². The highest BCUT2D eigenvalue weighted by atomic mass is 16.1. The zero-order chi connectivity index (χ0) is 11.4.